The van der Waals surface area contributed by atoms with Crippen LogP contribution in [0.3, 0.4) is 0 Å². The predicted octanol–water partition coefficient (Wildman–Crippen LogP) is 2.33. The molecular formula is C12H12FN3O. The van der Waals surface area contributed by atoms with E-state index in [2.05, 4.69) is 15.3 Å². The maximum atomic E-state index is 13.5. The summed E-state index contributed by atoms with van der Waals surface area (Å²) in [5.74, 6) is 0.937. The average Bonchev–Trinajstić information content (AvgIpc) is 2.38. The first-order chi connectivity index (χ1) is 8.24. The fourth-order valence-corrected chi connectivity index (χ4v) is 1.44. The highest BCUT2D eigenvalue weighted by molar-refractivity contribution is 5.58. The van der Waals surface area contributed by atoms with Gasteiger partial charge in [0.25, 0.3) is 0 Å². The second kappa shape index (κ2) is 4.78. The zero-order valence-electron chi connectivity index (χ0n) is 9.57. The van der Waals surface area contributed by atoms with Crippen LogP contribution in [0.2, 0.25) is 0 Å². The monoisotopic (exact) mass is 233 g/mol. The zero-order valence-corrected chi connectivity index (χ0v) is 9.57. The minimum absolute atomic E-state index is 0.207. The summed E-state index contributed by atoms with van der Waals surface area (Å²) in [6.45, 7) is 0. The van der Waals surface area contributed by atoms with Gasteiger partial charge in [-0.05, 0) is 24.3 Å². The molecule has 0 unspecified atom stereocenters. The molecule has 0 amide bonds. The van der Waals surface area contributed by atoms with Crippen LogP contribution in [0.25, 0.3) is 11.4 Å². The molecule has 0 atom stereocenters. The van der Waals surface area contributed by atoms with Gasteiger partial charge in [0.1, 0.15) is 5.82 Å². The van der Waals surface area contributed by atoms with Gasteiger partial charge < -0.3 is 10.1 Å². The molecule has 5 heteroatoms. The second-order valence-electron chi connectivity index (χ2n) is 3.36. The molecule has 88 valence electrons. The summed E-state index contributed by atoms with van der Waals surface area (Å²) in [5, 5.41) is 2.90. The minimum Gasteiger partial charge on any atom is -0.494 e. The number of benzene rings is 1. The van der Waals surface area contributed by atoms with Crippen LogP contribution in [0.1, 0.15) is 0 Å². The molecule has 1 N–H and O–H groups in total. The lowest BCUT2D eigenvalue weighted by atomic mass is 10.2. The maximum Gasteiger partial charge on any atom is 0.165 e. The van der Waals surface area contributed by atoms with Gasteiger partial charge in [-0.25, -0.2) is 14.4 Å². The third-order valence-electron chi connectivity index (χ3n) is 2.32. The van der Waals surface area contributed by atoms with E-state index in [1.807, 2.05) is 0 Å². The Bertz CT molecular complexity index is 531. The van der Waals surface area contributed by atoms with Crippen molar-refractivity contribution >= 4 is 5.82 Å². The summed E-state index contributed by atoms with van der Waals surface area (Å²) in [5.41, 5.74) is 0.611. The van der Waals surface area contributed by atoms with Crippen LogP contribution in [0.5, 0.6) is 5.75 Å². The Morgan fingerprint density at radius 2 is 2.12 bits per heavy atom. The molecule has 0 aliphatic heterocycles. The molecule has 17 heavy (non-hydrogen) atoms. The Balaban J connectivity index is 2.42. The first kappa shape index (κ1) is 11.3. The number of rotatable bonds is 3. The minimum atomic E-state index is -0.427. The third-order valence-corrected chi connectivity index (χ3v) is 2.32. The molecule has 0 fully saturated rings. The summed E-state index contributed by atoms with van der Waals surface area (Å²) >= 11 is 0. The van der Waals surface area contributed by atoms with Crippen molar-refractivity contribution in [1.82, 2.24) is 9.97 Å². The molecule has 0 saturated carbocycles. The smallest absolute Gasteiger partial charge is 0.165 e. The molecule has 0 bridgehead atoms. The van der Waals surface area contributed by atoms with Gasteiger partial charge in [-0.1, -0.05) is 0 Å². The van der Waals surface area contributed by atoms with E-state index < -0.39 is 5.82 Å². The van der Waals surface area contributed by atoms with Crippen LogP contribution in [-0.4, -0.2) is 24.1 Å². The Hall–Kier alpha value is -2.17. The maximum absolute atomic E-state index is 13.5. The summed E-state index contributed by atoms with van der Waals surface area (Å²) < 4.78 is 18.4. The van der Waals surface area contributed by atoms with E-state index in [9.17, 15) is 4.39 Å². The number of aromatic nitrogens is 2. The highest BCUT2D eigenvalue weighted by Gasteiger charge is 2.07. The molecular weight excluding hydrogens is 221 g/mol. The number of hydrogen-bond acceptors (Lipinski definition) is 4. The normalized spacial score (nSPS) is 10.1. The predicted molar refractivity (Wildman–Crippen MR) is 63.5 cm³/mol. The van der Waals surface area contributed by atoms with Crippen molar-refractivity contribution < 1.29 is 9.13 Å². The Morgan fingerprint density at radius 3 is 2.76 bits per heavy atom. The van der Waals surface area contributed by atoms with E-state index in [0.717, 1.165) is 0 Å². The summed E-state index contributed by atoms with van der Waals surface area (Å²) in [7, 11) is 3.19. The van der Waals surface area contributed by atoms with Crippen LogP contribution < -0.4 is 10.1 Å². The molecule has 1 aromatic heterocycles. The van der Waals surface area contributed by atoms with Gasteiger partial charge in [0.05, 0.1) is 7.11 Å². The zero-order chi connectivity index (χ0) is 12.3. The number of nitrogens with one attached hydrogen (secondary N) is 1. The quantitative estimate of drug-likeness (QED) is 0.883. The van der Waals surface area contributed by atoms with Gasteiger partial charge in [0.2, 0.25) is 0 Å². The number of ether oxygens (including phenoxy) is 1. The lowest BCUT2D eigenvalue weighted by molar-refractivity contribution is 0.386. The van der Waals surface area contributed by atoms with E-state index in [1.165, 1.54) is 13.2 Å². The lowest BCUT2D eigenvalue weighted by Crippen LogP contribution is -1.96. The Morgan fingerprint density at radius 1 is 1.29 bits per heavy atom. The molecule has 0 aliphatic rings. The fourth-order valence-electron chi connectivity index (χ4n) is 1.44. The molecule has 1 aromatic carbocycles. The van der Waals surface area contributed by atoms with Gasteiger partial charge in [0.15, 0.2) is 17.4 Å². The van der Waals surface area contributed by atoms with Crippen molar-refractivity contribution in [1.29, 1.82) is 0 Å². The highest BCUT2D eigenvalue weighted by Crippen LogP contribution is 2.23. The first-order valence-electron chi connectivity index (χ1n) is 5.09. The van der Waals surface area contributed by atoms with Crippen LogP contribution in [-0.2, 0) is 0 Å². The van der Waals surface area contributed by atoms with E-state index in [0.29, 0.717) is 17.2 Å². The van der Waals surface area contributed by atoms with Crippen molar-refractivity contribution in [3.05, 3.63) is 36.3 Å². The van der Waals surface area contributed by atoms with Crippen LogP contribution >= 0.6 is 0 Å². The van der Waals surface area contributed by atoms with Crippen molar-refractivity contribution in [3.63, 3.8) is 0 Å². The number of hydrogen-bond donors (Lipinski definition) is 1. The van der Waals surface area contributed by atoms with Gasteiger partial charge in [-0.15, -0.1) is 0 Å². The van der Waals surface area contributed by atoms with E-state index in [4.69, 9.17) is 4.74 Å². The van der Waals surface area contributed by atoms with Crippen molar-refractivity contribution in [2.75, 3.05) is 19.5 Å². The molecule has 2 aromatic rings. The largest absolute Gasteiger partial charge is 0.494 e. The van der Waals surface area contributed by atoms with Crippen LogP contribution in [0, 0.1) is 5.82 Å². The lowest BCUT2D eigenvalue weighted by Gasteiger charge is -2.05. The van der Waals surface area contributed by atoms with E-state index >= 15 is 0 Å². The van der Waals surface area contributed by atoms with Crippen molar-refractivity contribution in [2.45, 2.75) is 0 Å². The summed E-state index contributed by atoms with van der Waals surface area (Å²) in [4.78, 5) is 8.32. The van der Waals surface area contributed by atoms with Gasteiger partial charge in [-0.3, -0.25) is 0 Å². The second-order valence-corrected chi connectivity index (χ2v) is 3.36. The van der Waals surface area contributed by atoms with Crippen molar-refractivity contribution in [3.8, 4) is 17.1 Å². The number of methoxy groups -OCH3 is 1. The Labute approximate surface area is 98.5 Å². The SMILES string of the molecule is CNc1ccnc(-c2ccc(OC)c(F)c2)n1. The Kier molecular flexibility index (Phi) is 3.18. The molecule has 0 radical (unpaired) electrons. The molecule has 4 nitrogen and oxygen atoms in total. The van der Waals surface area contributed by atoms with E-state index in [1.54, 1.807) is 31.4 Å². The van der Waals surface area contributed by atoms with Gasteiger partial charge >= 0.3 is 0 Å². The summed E-state index contributed by atoms with van der Waals surface area (Å²) in [6, 6.07) is 6.37. The van der Waals surface area contributed by atoms with Gasteiger partial charge in [-0.2, -0.15) is 0 Å². The fraction of sp³-hybridized carbons (Fsp3) is 0.167. The highest BCUT2D eigenvalue weighted by atomic mass is 19.1. The number of halogens is 1. The third kappa shape index (κ3) is 2.33. The number of anilines is 1. The summed E-state index contributed by atoms with van der Waals surface area (Å²) in [6.07, 6.45) is 1.62. The first-order valence-corrected chi connectivity index (χ1v) is 5.09. The average molecular weight is 233 g/mol. The molecule has 2 rings (SSSR count). The molecule has 1 heterocycles. The molecule has 0 spiro atoms. The molecule has 0 aliphatic carbocycles. The van der Waals surface area contributed by atoms with Crippen LogP contribution in [0.4, 0.5) is 10.2 Å². The van der Waals surface area contributed by atoms with Crippen LogP contribution in [0.15, 0.2) is 30.5 Å². The van der Waals surface area contributed by atoms with E-state index in [-0.39, 0.29) is 5.75 Å². The van der Waals surface area contributed by atoms with Gasteiger partial charge in [0, 0.05) is 18.8 Å². The molecule has 0 saturated heterocycles. The number of nitrogens with zero attached hydrogens (tertiary/aromatic N) is 2. The topological polar surface area (TPSA) is 47.0 Å². The van der Waals surface area contributed by atoms with Crippen molar-refractivity contribution in [2.24, 2.45) is 0 Å². The standard InChI is InChI=1S/C12H12FN3O/c1-14-11-5-6-15-12(16-11)8-3-4-10(17-2)9(13)7-8/h3-7H,1-2H3,(H,14,15,16).